The second-order valence-electron chi connectivity index (χ2n) is 7.14. The molecular formula is C23H25NO6. The van der Waals surface area contributed by atoms with E-state index in [1.807, 2.05) is 18.2 Å². The molecule has 0 radical (unpaired) electrons. The van der Waals surface area contributed by atoms with Crippen molar-refractivity contribution in [3.05, 3.63) is 64.7 Å². The van der Waals surface area contributed by atoms with Crippen LogP contribution in [0.2, 0.25) is 0 Å². The highest BCUT2D eigenvalue weighted by Gasteiger charge is 2.25. The Morgan fingerprint density at radius 1 is 1.00 bits per heavy atom. The number of benzene rings is 2. The molecule has 0 saturated carbocycles. The maximum absolute atomic E-state index is 12.8. The summed E-state index contributed by atoms with van der Waals surface area (Å²) in [6.07, 6.45) is 2.03. The van der Waals surface area contributed by atoms with E-state index >= 15 is 0 Å². The summed E-state index contributed by atoms with van der Waals surface area (Å²) in [7, 11) is 2.48. The van der Waals surface area contributed by atoms with Gasteiger partial charge in [-0.2, -0.15) is 0 Å². The summed E-state index contributed by atoms with van der Waals surface area (Å²) < 4.78 is 15.2. The van der Waals surface area contributed by atoms with Crippen molar-refractivity contribution in [3.8, 4) is 5.75 Å². The minimum absolute atomic E-state index is 0.0690. The van der Waals surface area contributed by atoms with Gasteiger partial charge in [0.05, 0.1) is 31.4 Å². The first-order chi connectivity index (χ1) is 14.4. The Balaban J connectivity index is 1.75. The van der Waals surface area contributed by atoms with E-state index in [2.05, 4.69) is 11.4 Å². The van der Waals surface area contributed by atoms with Gasteiger partial charge in [-0.05, 0) is 55.5 Å². The standard InChI is InChI=1S/C23H25NO6/c1-14(21(25)24-20-10-6-8-15-7-4-5-9-19(15)20)30-18-12-16(22(26)28-2)11-17(13-18)23(27)29-3/h4-5,7,9,11-14,20H,6,8,10H2,1-3H3,(H,24,25)/t14-,20+/m0/s1. The molecule has 0 fully saturated rings. The summed E-state index contributed by atoms with van der Waals surface area (Å²) in [4.78, 5) is 36.6. The van der Waals surface area contributed by atoms with Crippen LogP contribution in [0.1, 0.15) is 57.7 Å². The summed E-state index contributed by atoms with van der Waals surface area (Å²) >= 11 is 0. The smallest absolute Gasteiger partial charge is 0.338 e. The Kier molecular flexibility index (Phi) is 6.72. The Morgan fingerprint density at radius 2 is 1.63 bits per heavy atom. The molecule has 158 valence electrons. The Morgan fingerprint density at radius 3 is 2.27 bits per heavy atom. The molecule has 1 N–H and O–H groups in total. The van der Waals surface area contributed by atoms with Gasteiger partial charge < -0.3 is 19.5 Å². The lowest BCUT2D eigenvalue weighted by Gasteiger charge is -2.27. The monoisotopic (exact) mass is 411 g/mol. The fourth-order valence-electron chi connectivity index (χ4n) is 3.59. The Bertz CT molecular complexity index is 920. The van der Waals surface area contributed by atoms with Crippen molar-refractivity contribution in [1.29, 1.82) is 0 Å². The first kappa shape index (κ1) is 21.4. The van der Waals surface area contributed by atoms with Crippen LogP contribution in [0.5, 0.6) is 5.75 Å². The molecule has 1 amide bonds. The van der Waals surface area contributed by atoms with Crippen LogP contribution in [0, 0.1) is 0 Å². The molecule has 0 heterocycles. The van der Waals surface area contributed by atoms with Gasteiger partial charge in [0.15, 0.2) is 6.10 Å². The van der Waals surface area contributed by atoms with E-state index in [0.29, 0.717) is 0 Å². The predicted octanol–water partition coefficient (Wildman–Crippen LogP) is 3.22. The third-order valence-corrected chi connectivity index (χ3v) is 5.12. The van der Waals surface area contributed by atoms with Crippen LogP contribution in [0.3, 0.4) is 0 Å². The molecule has 0 saturated heterocycles. The number of hydrogen-bond acceptors (Lipinski definition) is 6. The lowest BCUT2D eigenvalue weighted by molar-refractivity contribution is -0.128. The van der Waals surface area contributed by atoms with Gasteiger partial charge in [-0.3, -0.25) is 4.79 Å². The third-order valence-electron chi connectivity index (χ3n) is 5.12. The topological polar surface area (TPSA) is 90.9 Å². The average molecular weight is 411 g/mol. The lowest BCUT2D eigenvalue weighted by atomic mass is 9.87. The summed E-state index contributed by atoms with van der Waals surface area (Å²) in [5.41, 5.74) is 2.63. The van der Waals surface area contributed by atoms with Gasteiger partial charge in [-0.25, -0.2) is 9.59 Å². The van der Waals surface area contributed by atoms with Crippen LogP contribution in [0.15, 0.2) is 42.5 Å². The number of methoxy groups -OCH3 is 2. The zero-order valence-electron chi connectivity index (χ0n) is 17.3. The van der Waals surface area contributed by atoms with Gasteiger partial charge >= 0.3 is 11.9 Å². The van der Waals surface area contributed by atoms with Gasteiger partial charge in [0.25, 0.3) is 5.91 Å². The molecule has 0 aliphatic heterocycles. The highest BCUT2D eigenvalue weighted by molar-refractivity contribution is 5.96. The number of carbonyl (C=O) groups excluding carboxylic acids is 3. The second kappa shape index (κ2) is 9.43. The van der Waals surface area contributed by atoms with Gasteiger partial charge in [0.1, 0.15) is 5.75 Å². The maximum atomic E-state index is 12.8. The largest absolute Gasteiger partial charge is 0.481 e. The van der Waals surface area contributed by atoms with Crippen LogP contribution in [-0.2, 0) is 20.7 Å². The highest BCUT2D eigenvalue weighted by Crippen LogP contribution is 2.29. The fourth-order valence-corrected chi connectivity index (χ4v) is 3.59. The first-order valence-corrected chi connectivity index (χ1v) is 9.79. The Labute approximate surface area is 175 Å². The molecule has 0 bridgehead atoms. The zero-order valence-corrected chi connectivity index (χ0v) is 17.3. The van der Waals surface area contributed by atoms with E-state index < -0.39 is 18.0 Å². The molecule has 7 nitrogen and oxygen atoms in total. The molecule has 2 aromatic rings. The summed E-state index contributed by atoms with van der Waals surface area (Å²) in [5, 5.41) is 3.04. The quantitative estimate of drug-likeness (QED) is 0.734. The van der Waals surface area contributed by atoms with E-state index in [1.165, 1.54) is 38.0 Å². The molecule has 1 aliphatic carbocycles. The second-order valence-corrected chi connectivity index (χ2v) is 7.14. The highest BCUT2D eigenvalue weighted by atomic mass is 16.5. The minimum Gasteiger partial charge on any atom is -0.481 e. The maximum Gasteiger partial charge on any atom is 0.338 e. The molecule has 0 spiro atoms. The van der Waals surface area contributed by atoms with Crippen LogP contribution in [0.4, 0.5) is 0 Å². The number of aryl methyl sites for hydroxylation is 1. The number of nitrogens with one attached hydrogen (secondary N) is 1. The SMILES string of the molecule is COC(=O)c1cc(O[C@@H](C)C(=O)N[C@@H]2CCCc3ccccc32)cc(C(=O)OC)c1. The van der Waals surface area contributed by atoms with Crippen LogP contribution in [-0.4, -0.2) is 38.2 Å². The van der Waals surface area contributed by atoms with Gasteiger partial charge in [0, 0.05) is 0 Å². The van der Waals surface area contributed by atoms with Crippen molar-refractivity contribution >= 4 is 17.8 Å². The van der Waals surface area contributed by atoms with E-state index in [-0.39, 0.29) is 28.8 Å². The molecule has 0 unspecified atom stereocenters. The summed E-state index contributed by atoms with van der Waals surface area (Å²) in [6.45, 7) is 1.62. The predicted molar refractivity (Wildman–Crippen MR) is 109 cm³/mol. The molecule has 1 aliphatic rings. The van der Waals surface area contributed by atoms with Crippen LogP contribution < -0.4 is 10.1 Å². The number of rotatable bonds is 6. The first-order valence-electron chi connectivity index (χ1n) is 9.79. The molecule has 2 atom stereocenters. The van der Waals surface area contributed by atoms with Crippen molar-refractivity contribution in [1.82, 2.24) is 5.32 Å². The number of hydrogen-bond donors (Lipinski definition) is 1. The summed E-state index contributed by atoms with van der Waals surface area (Å²) in [5.74, 6) is -1.33. The number of ether oxygens (including phenoxy) is 3. The van der Waals surface area contributed by atoms with E-state index in [9.17, 15) is 14.4 Å². The molecular weight excluding hydrogens is 386 g/mol. The minimum atomic E-state index is -0.836. The van der Waals surface area contributed by atoms with Crippen molar-refractivity contribution in [2.75, 3.05) is 14.2 Å². The number of fused-ring (bicyclic) bond motifs is 1. The van der Waals surface area contributed by atoms with Gasteiger partial charge in [-0.1, -0.05) is 24.3 Å². The number of esters is 2. The molecule has 7 heteroatoms. The van der Waals surface area contributed by atoms with Crippen molar-refractivity contribution in [2.24, 2.45) is 0 Å². The average Bonchev–Trinajstić information content (AvgIpc) is 2.77. The van der Waals surface area contributed by atoms with Crippen molar-refractivity contribution in [2.45, 2.75) is 38.3 Å². The number of carbonyl (C=O) groups is 3. The molecule has 3 rings (SSSR count). The molecule has 0 aromatic heterocycles. The van der Waals surface area contributed by atoms with Crippen LogP contribution in [0.25, 0.3) is 0 Å². The normalized spacial score (nSPS) is 16.0. The van der Waals surface area contributed by atoms with Gasteiger partial charge in [0.2, 0.25) is 0 Å². The van der Waals surface area contributed by atoms with Crippen molar-refractivity contribution in [3.63, 3.8) is 0 Å². The van der Waals surface area contributed by atoms with Crippen LogP contribution >= 0.6 is 0 Å². The zero-order chi connectivity index (χ0) is 21.7. The van der Waals surface area contributed by atoms with E-state index in [0.717, 1.165) is 24.8 Å². The van der Waals surface area contributed by atoms with E-state index in [4.69, 9.17) is 14.2 Å². The Hall–Kier alpha value is -3.35. The number of amides is 1. The van der Waals surface area contributed by atoms with Crippen molar-refractivity contribution < 1.29 is 28.6 Å². The van der Waals surface area contributed by atoms with Gasteiger partial charge in [-0.15, -0.1) is 0 Å². The third kappa shape index (κ3) is 4.79. The fraction of sp³-hybridized carbons (Fsp3) is 0.348. The molecule has 2 aromatic carbocycles. The van der Waals surface area contributed by atoms with E-state index in [1.54, 1.807) is 6.92 Å². The summed E-state index contributed by atoms with van der Waals surface area (Å²) in [6, 6.07) is 12.2. The lowest BCUT2D eigenvalue weighted by Crippen LogP contribution is -2.39. The molecule has 30 heavy (non-hydrogen) atoms.